The number of nitrogens with two attached hydrogens (primary N) is 2. The van der Waals surface area contributed by atoms with Gasteiger partial charge in [0.2, 0.25) is 0 Å². The van der Waals surface area contributed by atoms with Crippen molar-refractivity contribution in [2.45, 2.75) is 37.8 Å². The van der Waals surface area contributed by atoms with E-state index in [0.717, 1.165) is 25.7 Å². The highest BCUT2D eigenvalue weighted by molar-refractivity contribution is 6.31. The quantitative estimate of drug-likeness (QED) is 0.658. The largest absolute Gasteiger partial charge is 0.403 e. The third kappa shape index (κ3) is 5.41. The van der Waals surface area contributed by atoms with Crippen molar-refractivity contribution in [3.8, 4) is 0 Å². The fourth-order valence-electron chi connectivity index (χ4n) is 2.72. The predicted molar refractivity (Wildman–Crippen MR) is 89.4 cm³/mol. The van der Waals surface area contributed by atoms with E-state index in [2.05, 4.69) is 10.6 Å². The van der Waals surface area contributed by atoms with Gasteiger partial charge in [0.05, 0.1) is 0 Å². The lowest BCUT2D eigenvalue weighted by Crippen LogP contribution is -2.43. The van der Waals surface area contributed by atoms with E-state index in [1.54, 1.807) is 0 Å². The minimum atomic E-state index is -0.513. The Bertz CT molecular complexity index is 565. The summed E-state index contributed by atoms with van der Waals surface area (Å²) in [5.74, 6) is -0.806. The fraction of sp³-hybridized carbons (Fsp3) is 0.438. The van der Waals surface area contributed by atoms with E-state index in [4.69, 9.17) is 23.1 Å². The number of hydrogen-bond donors (Lipinski definition) is 4. The molecule has 0 radical (unpaired) electrons. The van der Waals surface area contributed by atoms with Crippen molar-refractivity contribution in [1.82, 2.24) is 10.6 Å². The molecule has 5 nitrogen and oxygen atoms in total. The van der Waals surface area contributed by atoms with Crippen molar-refractivity contribution in [1.29, 1.82) is 0 Å². The number of carbonyl (C=O) groups excluding carboxylic acids is 1. The summed E-state index contributed by atoms with van der Waals surface area (Å²) in [5, 5.41) is 6.49. The van der Waals surface area contributed by atoms with Gasteiger partial charge in [-0.1, -0.05) is 11.6 Å². The van der Waals surface area contributed by atoms with E-state index in [1.165, 1.54) is 24.4 Å². The minimum absolute atomic E-state index is 0.0880. The van der Waals surface area contributed by atoms with Gasteiger partial charge in [-0.15, -0.1) is 0 Å². The third-order valence-corrected chi connectivity index (χ3v) is 4.21. The maximum Gasteiger partial charge on any atom is 0.251 e. The zero-order chi connectivity index (χ0) is 16.8. The number of nitrogens with one attached hydrogen (secondary N) is 2. The van der Waals surface area contributed by atoms with Crippen molar-refractivity contribution in [3.63, 3.8) is 0 Å². The fourth-order valence-corrected chi connectivity index (χ4v) is 2.94. The van der Waals surface area contributed by atoms with Crippen molar-refractivity contribution in [3.05, 3.63) is 46.5 Å². The molecule has 1 aromatic rings. The summed E-state index contributed by atoms with van der Waals surface area (Å²) in [5.41, 5.74) is 11.8. The summed E-state index contributed by atoms with van der Waals surface area (Å²) in [4.78, 5) is 12.2. The lowest BCUT2D eigenvalue weighted by atomic mass is 9.91. The van der Waals surface area contributed by atoms with E-state index >= 15 is 0 Å². The van der Waals surface area contributed by atoms with Crippen LogP contribution in [0, 0.1) is 5.82 Å². The molecule has 6 N–H and O–H groups in total. The zero-order valence-electron chi connectivity index (χ0n) is 12.8. The van der Waals surface area contributed by atoms with Crippen molar-refractivity contribution >= 4 is 17.5 Å². The molecule has 0 heterocycles. The van der Waals surface area contributed by atoms with Gasteiger partial charge in [-0.2, -0.15) is 0 Å². The van der Waals surface area contributed by atoms with Crippen LogP contribution in [0.5, 0.6) is 0 Å². The summed E-state index contributed by atoms with van der Waals surface area (Å²) in [6.45, 7) is 0.569. The zero-order valence-corrected chi connectivity index (χ0v) is 13.6. The van der Waals surface area contributed by atoms with Crippen LogP contribution in [0.2, 0.25) is 5.02 Å². The molecule has 1 aromatic carbocycles. The van der Waals surface area contributed by atoms with Gasteiger partial charge in [-0.25, -0.2) is 4.39 Å². The Kier molecular flexibility index (Phi) is 6.24. The van der Waals surface area contributed by atoms with Crippen LogP contribution in [0.1, 0.15) is 36.0 Å². The highest BCUT2D eigenvalue weighted by atomic mass is 35.5. The molecular weight excluding hydrogens is 319 g/mol. The second-order valence-electron chi connectivity index (χ2n) is 5.80. The van der Waals surface area contributed by atoms with E-state index in [0.29, 0.717) is 18.3 Å². The van der Waals surface area contributed by atoms with Crippen LogP contribution >= 0.6 is 11.6 Å². The van der Waals surface area contributed by atoms with E-state index in [-0.39, 0.29) is 22.5 Å². The minimum Gasteiger partial charge on any atom is -0.403 e. The number of halogens is 2. The first-order valence-corrected chi connectivity index (χ1v) is 8.02. The second-order valence-corrected chi connectivity index (χ2v) is 6.24. The lowest BCUT2D eigenvalue weighted by molar-refractivity contribution is 0.0924. The van der Waals surface area contributed by atoms with Crippen LogP contribution in [-0.2, 0) is 0 Å². The maximum atomic E-state index is 13.3. The molecular formula is C16H22ClFN4O. The second kappa shape index (κ2) is 8.17. The van der Waals surface area contributed by atoms with Gasteiger partial charge in [-0.3, -0.25) is 4.79 Å². The van der Waals surface area contributed by atoms with Crippen LogP contribution in [0.4, 0.5) is 4.39 Å². The molecule has 2 rings (SSSR count). The lowest BCUT2D eigenvalue weighted by Gasteiger charge is -2.29. The average molecular weight is 341 g/mol. The molecule has 1 saturated carbocycles. The van der Waals surface area contributed by atoms with Gasteiger partial charge in [0, 0.05) is 41.1 Å². The van der Waals surface area contributed by atoms with Crippen LogP contribution in [-0.4, -0.2) is 24.5 Å². The predicted octanol–water partition coefficient (Wildman–Crippen LogP) is 1.87. The summed E-state index contributed by atoms with van der Waals surface area (Å²) < 4.78 is 13.3. The Hall–Kier alpha value is -1.79. The Morgan fingerprint density at radius 1 is 1.26 bits per heavy atom. The summed E-state index contributed by atoms with van der Waals surface area (Å²) in [7, 11) is 0. The molecule has 0 spiro atoms. The molecule has 126 valence electrons. The smallest absolute Gasteiger partial charge is 0.251 e. The van der Waals surface area contributed by atoms with Gasteiger partial charge >= 0.3 is 0 Å². The molecule has 7 heteroatoms. The SMILES string of the molecule is N/C=C(\N)CNC1CCC(NC(=O)c2cc(F)cc(Cl)c2)CC1. The number of hydrogen-bond acceptors (Lipinski definition) is 4. The number of benzene rings is 1. The molecule has 1 amide bonds. The van der Waals surface area contributed by atoms with Gasteiger partial charge in [0.25, 0.3) is 5.91 Å². The van der Waals surface area contributed by atoms with E-state index < -0.39 is 5.82 Å². The van der Waals surface area contributed by atoms with Crippen molar-refractivity contribution in [2.24, 2.45) is 11.5 Å². The highest BCUT2D eigenvalue weighted by Gasteiger charge is 2.22. The molecule has 0 aromatic heterocycles. The third-order valence-electron chi connectivity index (χ3n) is 4.00. The molecule has 1 fully saturated rings. The maximum absolute atomic E-state index is 13.3. The van der Waals surface area contributed by atoms with Crippen LogP contribution in [0.15, 0.2) is 30.1 Å². The Balaban J connectivity index is 1.80. The monoisotopic (exact) mass is 340 g/mol. The number of carbonyl (C=O) groups is 1. The van der Waals surface area contributed by atoms with Gasteiger partial charge < -0.3 is 22.1 Å². The van der Waals surface area contributed by atoms with Crippen LogP contribution < -0.4 is 22.1 Å². The normalized spacial score (nSPS) is 21.9. The first-order valence-electron chi connectivity index (χ1n) is 7.64. The van der Waals surface area contributed by atoms with Crippen LogP contribution in [0.3, 0.4) is 0 Å². The first-order chi connectivity index (χ1) is 11.0. The topological polar surface area (TPSA) is 93.2 Å². The number of amides is 1. The summed E-state index contributed by atoms with van der Waals surface area (Å²) in [6.07, 6.45) is 4.99. The summed E-state index contributed by atoms with van der Waals surface area (Å²) >= 11 is 5.78. The Labute approximate surface area is 140 Å². The molecule has 0 bridgehead atoms. The highest BCUT2D eigenvalue weighted by Crippen LogP contribution is 2.20. The van der Waals surface area contributed by atoms with E-state index in [9.17, 15) is 9.18 Å². The van der Waals surface area contributed by atoms with Crippen molar-refractivity contribution in [2.75, 3.05) is 6.54 Å². The van der Waals surface area contributed by atoms with E-state index in [1.807, 2.05) is 0 Å². The molecule has 23 heavy (non-hydrogen) atoms. The Morgan fingerprint density at radius 3 is 2.52 bits per heavy atom. The standard InChI is InChI=1S/C16H22ClFN4O/c17-11-5-10(6-12(18)7-11)16(23)22-15-3-1-14(2-4-15)21-9-13(20)8-19/h5-8,14-15,21H,1-4,9,19-20H2,(H,22,23)/b13-8-. The molecule has 1 aliphatic rings. The van der Waals surface area contributed by atoms with Gasteiger partial charge in [0.15, 0.2) is 0 Å². The number of rotatable bonds is 5. The van der Waals surface area contributed by atoms with Gasteiger partial charge in [-0.05, 0) is 43.9 Å². The van der Waals surface area contributed by atoms with Gasteiger partial charge in [0.1, 0.15) is 5.82 Å². The molecule has 0 saturated heterocycles. The first kappa shape index (κ1) is 17.6. The molecule has 0 aliphatic heterocycles. The molecule has 0 unspecified atom stereocenters. The average Bonchev–Trinajstić information content (AvgIpc) is 2.53. The van der Waals surface area contributed by atoms with Crippen LogP contribution in [0.25, 0.3) is 0 Å². The molecule has 0 atom stereocenters. The Morgan fingerprint density at radius 2 is 1.91 bits per heavy atom. The van der Waals surface area contributed by atoms with Crippen molar-refractivity contribution < 1.29 is 9.18 Å². The summed E-state index contributed by atoms with van der Waals surface area (Å²) in [6, 6.07) is 4.29. The molecule has 1 aliphatic carbocycles.